The molecule has 2 amide bonds. The van der Waals surface area contributed by atoms with Gasteiger partial charge in [0.05, 0.1) is 0 Å². The standard InChI is InChI=1S/C9H8N2O3/c12-5-9(14)11-8-3-1-2-7(4-8)10-6-13/h1-4H,5H2,(H,10,13)(H,11,14). The molecule has 14 heavy (non-hydrogen) atoms. The summed E-state index contributed by atoms with van der Waals surface area (Å²) in [5.74, 6) is -0.614. The number of hydrogen-bond acceptors (Lipinski definition) is 2. The predicted octanol–water partition coefficient (Wildman–Crippen LogP) is 0.535. The van der Waals surface area contributed by atoms with Gasteiger partial charge in [-0.3, -0.25) is 9.59 Å². The molecule has 0 aliphatic carbocycles. The lowest BCUT2D eigenvalue weighted by atomic mass is 10.3. The van der Waals surface area contributed by atoms with E-state index in [4.69, 9.17) is 0 Å². The summed E-state index contributed by atoms with van der Waals surface area (Å²) in [6, 6.07) is 6.42. The Morgan fingerprint density at radius 1 is 1.36 bits per heavy atom. The van der Waals surface area contributed by atoms with Crippen LogP contribution in [0.25, 0.3) is 0 Å². The highest BCUT2D eigenvalue weighted by molar-refractivity contribution is 5.92. The van der Waals surface area contributed by atoms with Crippen molar-refractivity contribution in [3.05, 3.63) is 24.3 Å². The molecule has 0 bridgehead atoms. The second-order valence-corrected chi connectivity index (χ2v) is 2.50. The largest absolute Gasteiger partial charge is 0.324 e. The Labute approximate surface area is 80.7 Å². The first-order valence-corrected chi connectivity index (χ1v) is 3.87. The van der Waals surface area contributed by atoms with Crippen LogP contribution in [0.2, 0.25) is 0 Å². The predicted molar refractivity (Wildman–Crippen MR) is 49.9 cm³/mol. The zero-order valence-corrected chi connectivity index (χ0v) is 7.24. The Morgan fingerprint density at radius 2 is 2.07 bits per heavy atom. The van der Waals surface area contributed by atoms with Crippen molar-refractivity contribution >= 4 is 23.7 Å². The quantitative estimate of drug-likeness (QED) is 0.682. The highest BCUT2D eigenvalue weighted by Crippen LogP contribution is 2.13. The van der Waals surface area contributed by atoms with E-state index in [9.17, 15) is 14.7 Å². The number of benzene rings is 1. The van der Waals surface area contributed by atoms with E-state index in [-0.39, 0.29) is 0 Å². The third kappa shape index (κ3) is 2.87. The highest BCUT2D eigenvalue weighted by Gasteiger charge is 2.00. The fourth-order valence-corrected chi connectivity index (χ4v) is 0.931. The number of rotatable bonds is 4. The zero-order chi connectivity index (χ0) is 10.4. The lowest BCUT2D eigenvalue weighted by molar-refractivity contribution is -0.120. The lowest BCUT2D eigenvalue weighted by Gasteiger charge is -2.04. The second-order valence-electron chi connectivity index (χ2n) is 2.50. The molecular formula is C9H8N2O3. The Hall–Kier alpha value is -1.88. The van der Waals surface area contributed by atoms with Gasteiger partial charge in [-0.05, 0) is 18.2 Å². The molecule has 1 aromatic carbocycles. The van der Waals surface area contributed by atoms with Gasteiger partial charge >= 0.3 is 6.41 Å². The average molecular weight is 192 g/mol. The maximum Gasteiger partial charge on any atom is 0.314 e. The number of amides is 2. The molecule has 1 aromatic rings. The van der Waals surface area contributed by atoms with E-state index in [1.807, 2.05) is 0 Å². The molecule has 0 aliphatic heterocycles. The van der Waals surface area contributed by atoms with Gasteiger partial charge < -0.3 is 10.6 Å². The minimum Gasteiger partial charge on any atom is -0.324 e. The monoisotopic (exact) mass is 192 g/mol. The smallest absolute Gasteiger partial charge is 0.314 e. The van der Waals surface area contributed by atoms with E-state index in [0.717, 1.165) is 0 Å². The molecule has 0 heterocycles. The van der Waals surface area contributed by atoms with Crippen LogP contribution < -0.4 is 10.6 Å². The summed E-state index contributed by atoms with van der Waals surface area (Å²) in [7, 11) is 0. The normalized spacial score (nSPS) is 9.21. The molecule has 0 saturated heterocycles. The van der Waals surface area contributed by atoms with Gasteiger partial charge in [-0.2, -0.15) is 0 Å². The summed E-state index contributed by atoms with van der Waals surface area (Å²) in [5, 5.41) is 14.8. The van der Waals surface area contributed by atoms with Crippen LogP contribution in [0.1, 0.15) is 0 Å². The number of anilines is 2. The van der Waals surface area contributed by atoms with Gasteiger partial charge in [0.15, 0.2) is 6.61 Å². The van der Waals surface area contributed by atoms with Gasteiger partial charge in [-0.15, -0.1) is 0 Å². The van der Waals surface area contributed by atoms with Crippen LogP contribution in [0.4, 0.5) is 11.4 Å². The zero-order valence-electron chi connectivity index (χ0n) is 7.24. The van der Waals surface area contributed by atoms with Crippen LogP contribution in [0.3, 0.4) is 0 Å². The topological polar surface area (TPSA) is 78.1 Å². The number of nitrogens with one attached hydrogen (secondary N) is 2. The van der Waals surface area contributed by atoms with E-state index >= 15 is 0 Å². The first-order chi connectivity index (χ1) is 6.76. The van der Waals surface area contributed by atoms with E-state index in [0.29, 0.717) is 11.4 Å². The molecule has 72 valence electrons. The molecule has 0 aliphatic rings. The molecule has 0 fully saturated rings. The molecule has 2 radical (unpaired) electrons. The van der Waals surface area contributed by atoms with E-state index in [1.54, 1.807) is 18.2 Å². The molecule has 1 rings (SSSR count). The van der Waals surface area contributed by atoms with Gasteiger partial charge in [0, 0.05) is 11.4 Å². The molecule has 0 unspecified atom stereocenters. The third-order valence-electron chi connectivity index (χ3n) is 1.47. The van der Waals surface area contributed by atoms with E-state index in [2.05, 4.69) is 10.6 Å². The number of carbonyl (C=O) groups excluding carboxylic acids is 2. The molecular weight excluding hydrogens is 184 g/mol. The van der Waals surface area contributed by atoms with E-state index in [1.165, 1.54) is 12.5 Å². The van der Waals surface area contributed by atoms with Crippen molar-refractivity contribution < 1.29 is 14.7 Å². The summed E-state index contributed by atoms with van der Waals surface area (Å²) in [6.07, 6.45) is 1.50. The van der Waals surface area contributed by atoms with Crippen LogP contribution >= 0.6 is 0 Å². The molecule has 0 atom stereocenters. The van der Waals surface area contributed by atoms with Crippen molar-refractivity contribution in [2.75, 3.05) is 17.2 Å². The SMILES string of the molecule is [O]CC(=O)Nc1cccc(N[C]=O)c1. The number of carbonyl (C=O) groups is 1. The van der Waals surface area contributed by atoms with Crippen molar-refractivity contribution in [1.29, 1.82) is 0 Å². The maximum absolute atomic E-state index is 10.7. The Bertz CT molecular complexity index is 339. The molecule has 0 saturated carbocycles. The Kier molecular flexibility index (Phi) is 3.63. The van der Waals surface area contributed by atoms with Gasteiger partial charge in [0.1, 0.15) is 0 Å². The Morgan fingerprint density at radius 3 is 2.71 bits per heavy atom. The summed E-state index contributed by atoms with van der Waals surface area (Å²) in [4.78, 5) is 20.7. The van der Waals surface area contributed by atoms with Crippen molar-refractivity contribution in [2.24, 2.45) is 0 Å². The van der Waals surface area contributed by atoms with Gasteiger partial charge in [-0.1, -0.05) is 6.07 Å². The summed E-state index contributed by atoms with van der Waals surface area (Å²) >= 11 is 0. The van der Waals surface area contributed by atoms with Crippen LogP contribution in [0.15, 0.2) is 24.3 Å². The third-order valence-corrected chi connectivity index (χ3v) is 1.47. The molecule has 2 N–H and O–H groups in total. The van der Waals surface area contributed by atoms with Crippen molar-refractivity contribution in [3.8, 4) is 0 Å². The van der Waals surface area contributed by atoms with Crippen molar-refractivity contribution in [3.63, 3.8) is 0 Å². The Balaban J connectivity index is 2.72. The van der Waals surface area contributed by atoms with Crippen molar-refractivity contribution in [1.82, 2.24) is 0 Å². The van der Waals surface area contributed by atoms with Crippen LogP contribution in [0.5, 0.6) is 0 Å². The van der Waals surface area contributed by atoms with Gasteiger partial charge in [0.25, 0.3) is 5.91 Å². The number of hydrogen-bond donors (Lipinski definition) is 2. The van der Waals surface area contributed by atoms with Crippen molar-refractivity contribution in [2.45, 2.75) is 0 Å². The summed E-state index contributed by atoms with van der Waals surface area (Å²) in [5.41, 5.74) is 0.967. The summed E-state index contributed by atoms with van der Waals surface area (Å²) < 4.78 is 0. The summed E-state index contributed by atoms with van der Waals surface area (Å²) in [6.45, 7) is -0.822. The maximum atomic E-state index is 10.7. The molecule has 5 heteroatoms. The minimum atomic E-state index is -0.822. The lowest BCUT2D eigenvalue weighted by Crippen LogP contribution is -2.14. The van der Waals surface area contributed by atoms with Gasteiger partial charge in [0.2, 0.25) is 0 Å². The average Bonchev–Trinajstić information content (AvgIpc) is 2.19. The first kappa shape index (κ1) is 10.2. The van der Waals surface area contributed by atoms with E-state index < -0.39 is 12.5 Å². The van der Waals surface area contributed by atoms with Crippen LogP contribution in [-0.4, -0.2) is 18.9 Å². The van der Waals surface area contributed by atoms with Gasteiger partial charge in [-0.25, -0.2) is 5.11 Å². The molecule has 5 nitrogen and oxygen atoms in total. The second kappa shape index (κ2) is 4.98. The molecule has 0 spiro atoms. The molecule has 0 aromatic heterocycles. The minimum absolute atomic E-state index is 0.464. The fraction of sp³-hybridized carbons (Fsp3) is 0.111. The van der Waals surface area contributed by atoms with Crippen LogP contribution in [0, 0.1) is 0 Å². The first-order valence-electron chi connectivity index (χ1n) is 3.87. The fourth-order valence-electron chi connectivity index (χ4n) is 0.931. The van der Waals surface area contributed by atoms with Crippen LogP contribution in [-0.2, 0) is 14.7 Å². The highest BCUT2D eigenvalue weighted by atomic mass is 16.3.